The van der Waals surface area contributed by atoms with Crippen LogP contribution < -0.4 is 24.8 Å². The molecule has 3 rings (SSSR count). The lowest BCUT2D eigenvalue weighted by Gasteiger charge is -2.17. The number of anilines is 1. The van der Waals surface area contributed by atoms with E-state index >= 15 is 0 Å². The summed E-state index contributed by atoms with van der Waals surface area (Å²) in [5.74, 6) is 2.03. The molecule has 6 nitrogen and oxygen atoms in total. The highest BCUT2D eigenvalue weighted by Crippen LogP contribution is 2.34. The van der Waals surface area contributed by atoms with Crippen molar-refractivity contribution >= 4 is 11.7 Å². The fraction of sp³-hybridized carbons (Fsp3) is 0.350. The molecule has 6 heteroatoms. The van der Waals surface area contributed by atoms with Gasteiger partial charge in [-0.2, -0.15) is 0 Å². The molecular formula is C20H24N2O4. The van der Waals surface area contributed by atoms with Gasteiger partial charge in [0.15, 0.2) is 11.5 Å². The van der Waals surface area contributed by atoms with Gasteiger partial charge in [-0.25, -0.2) is 4.79 Å². The maximum atomic E-state index is 12.3. The van der Waals surface area contributed by atoms with E-state index in [1.807, 2.05) is 19.1 Å². The van der Waals surface area contributed by atoms with E-state index in [1.165, 1.54) is 11.1 Å². The number of para-hydroxylation sites is 1. The average molecular weight is 356 g/mol. The van der Waals surface area contributed by atoms with Gasteiger partial charge in [-0.05, 0) is 42.7 Å². The second kappa shape index (κ2) is 7.99. The lowest BCUT2D eigenvalue weighted by atomic mass is 10.0. The molecule has 2 amide bonds. The van der Waals surface area contributed by atoms with E-state index < -0.39 is 0 Å². The predicted octanol–water partition coefficient (Wildman–Crippen LogP) is 3.39. The van der Waals surface area contributed by atoms with Crippen molar-refractivity contribution in [3.8, 4) is 17.2 Å². The third kappa shape index (κ3) is 4.02. The van der Waals surface area contributed by atoms with Crippen LogP contribution in [0.1, 0.15) is 18.1 Å². The fourth-order valence-electron chi connectivity index (χ4n) is 3.14. The maximum absolute atomic E-state index is 12.3. The van der Waals surface area contributed by atoms with Crippen LogP contribution in [-0.4, -0.2) is 32.9 Å². The van der Waals surface area contributed by atoms with Crippen LogP contribution in [0, 0.1) is 0 Å². The molecule has 26 heavy (non-hydrogen) atoms. The Morgan fingerprint density at radius 1 is 1.23 bits per heavy atom. The Bertz CT molecular complexity index is 791. The van der Waals surface area contributed by atoms with Gasteiger partial charge in [-0.1, -0.05) is 18.2 Å². The Hall–Kier alpha value is -2.89. The van der Waals surface area contributed by atoms with Gasteiger partial charge in [-0.15, -0.1) is 0 Å². The number of rotatable bonds is 6. The number of urea groups is 1. The topological polar surface area (TPSA) is 68.8 Å². The highest BCUT2D eigenvalue weighted by Gasteiger charge is 2.16. The summed E-state index contributed by atoms with van der Waals surface area (Å²) in [6.45, 7) is 2.73. The molecule has 2 N–H and O–H groups in total. The normalized spacial score (nSPS) is 13.3. The van der Waals surface area contributed by atoms with Gasteiger partial charge in [0.05, 0.1) is 26.5 Å². The smallest absolute Gasteiger partial charge is 0.319 e. The Morgan fingerprint density at radius 3 is 2.85 bits per heavy atom. The summed E-state index contributed by atoms with van der Waals surface area (Å²) in [4.78, 5) is 12.3. The van der Waals surface area contributed by atoms with Gasteiger partial charge in [0.2, 0.25) is 0 Å². The Kier molecular flexibility index (Phi) is 5.51. The number of fused-ring (bicyclic) bond motifs is 1. The van der Waals surface area contributed by atoms with E-state index in [0.717, 1.165) is 25.2 Å². The summed E-state index contributed by atoms with van der Waals surface area (Å²) >= 11 is 0. The Balaban J connectivity index is 1.59. The number of hydrogen-bond acceptors (Lipinski definition) is 4. The van der Waals surface area contributed by atoms with Gasteiger partial charge >= 0.3 is 6.03 Å². The van der Waals surface area contributed by atoms with Crippen molar-refractivity contribution in [2.45, 2.75) is 25.8 Å². The van der Waals surface area contributed by atoms with Crippen LogP contribution in [0.15, 0.2) is 36.4 Å². The summed E-state index contributed by atoms with van der Waals surface area (Å²) in [6.07, 6.45) is 1.69. The van der Waals surface area contributed by atoms with Crippen molar-refractivity contribution in [3.05, 3.63) is 47.5 Å². The third-order valence-electron chi connectivity index (χ3n) is 4.32. The maximum Gasteiger partial charge on any atom is 0.319 e. The van der Waals surface area contributed by atoms with Crippen molar-refractivity contribution in [1.82, 2.24) is 5.32 Å². The highest BCUT2D eigenvalue weighted by atomic mass is 16.5. The van der Waals surface area contributed by atoms with Crippen molar-refractivity contribution in [2.75, 3.05) is 26.1 Å². The number of nitrogens with one attached hydrogen (secondary N) is 2. The minimum absolute atomic E-state index is 0.0213. The van der Waals surface area contributed by atoms with Gasteiger partial charge in [0.1, 0.15) is 5.75 Å². The van der Waals surface area contributed by atoms with Crippen molar-refractivity contribution in [2.24, 2.45) is 0 Å². The van der Waals surface area contributed by atoms with Crippen LogP contribution in [0.5, 0.6) is 17.2 Å². The molecule has 2 aromatic carbocycles. The first-order valence-corrected chi connectivity index (χ1v) is 8.64. The molecule has 0 bridgehead atoms. The third-order valence-corrected chi connectivity index (χ3v) is 4.32. The zero-order valence-electron chi connectivity index (χ0n) is 15.3. The quantitative estimate of drug-likeness (QED) is 0.832. The molecule has 0 radical (unpaired) electrons. The van der Waals surface area contributed by atoms with Crippen LogP contribution >= 0.6 is 0 Å². The average Bonchev–Trinajstić information content (AvgIpc) is 3.08. The molecule has 0 saturated heterocycles. The van der Waals surface area contributed by atoms with Crippen LogP contribution in [0.25, 0.3) is 0 Å². The number of carbonyl (C=O) groups is 1. The van der Waals surface area contributed by atoms with E-state index in [2.05, 4.69) is 16.7 Å². The first-order valence-electron chi connectivity index (χ1n) is 8.64. The van der Waals surface area contributed by atoms with Gasteiger partial charge < -0.3 is 24.8 Å². The lowest BCUT2D eigenvalue weighted by Crippen LogP contribution is -2.37. The van der Waals surface area contributed by atoms with Crippen molar-refractivity contribution < 1.29 is 19.0 Å². The summed E-state index contributed by atoms with van der Waals surface area (Å²) in [7, 11) is 3.10. The molecule has 0 aromatic heterocycles. The van der Waals surface area contributed by atoms with E-state index in [-0.39, 0.29) is 12.1 Å². The van der Waals surface area contributed by atoms with Crippen LogP contribution in [0.4, 0.5) is 10.5 Å². The van der Waals surface area contributed by atoms with Gasteiger partial charge in [0, 0.05) is 12.5 Å². The second-order valence-electron chi connectivity index (χ2n) is 6.29. The summed E-state index contributed by atoms with van der Waals surface area (Å²) < 4.78 is 16.1. The zero-order chi connectivity index (χ0) is 18.5. The summed E-state index contributed by atoms with van der Waals surface area (Å²) in [5, 5.41) is 5.78. The Labute approximate surface area is 153 Å². The lowest BCUT2D eigenvalue weighted by molar-refractivity contribution is 0.249. The molecule has 1 atom stereocenters. The molecule has 0 spiro atoms. The largest absolute Gasteiger partial charge is 0.493 e. The van der Waals surface area contributed by atoms with E-state index in [9.17, 15) is 4.79 Å². The molecule has 1 aliphatic heterocycles. The molecule has 1 aliphatic rings. The molecule has 0 aliphatic carbocycles. The highest BCUT2D eigenvalue weighted by molar-refractivity contribution is 5.91. The SMILES string of the molecule is COc1cccc(NC(=O)NC(C)Cc2ccc3c(c2)CCO3)c1OC. The molecule has 1 heterocycles. The number of hydrogen-bond donors (Lipinski definition) is 2. The van der Waals surface area contributed by atoms with Gasteiger partial charge in [-0.3, -0.25) is 0 Å². The number of benzene rings is 2. The van der Waals surface area contributed by atoms with Crippen LogP contribution in [0.2, 0.25) is 0 Å². The number of methoxy groups -OCH3 is 2. The number of ether oxygens (including phenoxy) is 3. The second-order valence-corrected chi connectivity index (χ2v) is 6.29. The van der Waals surface area contributed by atoms with E-state index in [4.69, 9.17) is 14.2 Å². The van der Waals surface area contributed by atoms with E-state index in [1.54, 1.807) is 32.4 Å². The predicted molar refractivity (Wildman–Crippen MR) is 101 cm³/mol. The van der Waals surface area contributed by atoms with Crippen LogP contribution in [0.3, 0.4) is 0 Å². The fourth-order valence-corrected chi connectivity index (χ4v) is 3.14. The molecule has 0 saturated carbocycles. The molecule has 138 valence electrons. The number of carbonyl (C=O) groups excluding carboxylic acids is 1. The van der Waals surface area contributed by atoms with Gasteiger partial charge in [0.25, 0.3) is 0 Å². The Morgan fingerprint density at radius 2 is 2.08 bits per heavy atom. The molecule has 1 unspecified atom stereocenters. The number of amides is 2. The standard InChI is InChI=1S/C20H24N2O4/c1-13(11-14-7-8-17-15(12-14)9-10-26-17)21-20(23)22-16-5-4-6-18(24-2)19(16)25-3/h4-8,12-13H,9-11H2,1-3H3,(H2,21,22,23). The zero-order valence-corrected chi connectivity index (χ0v) is 15.3. The monoisotopic (exact) mass is 356 g/mol. The van der Waals surface area contributed by atoms with Crippen LogP contribution in [-0.2, 0) is 12.8 Å². The first-order chi connectivity index (χ1) is 12.6. The summed E-state index contributed by atoms with van der Waals surface area (Å²) in [5.41, 5.74) is 2.98. The summed E-state index contributed by atoms with van der Waals surface area (Å²) in [6, 6.07) is 11.3. The van der Waals surface area contributed by atoms with Crippen molar-refractivity contribution in [1.29, 1.82) is 0 Å². The first kappa shape index (κ1) is 17.9. The molecular weight excluding hydrogens is 332 g/mol. The molecule has 2 aromatic rings. The minimum atomic E-state index is -0.284. The minimum Gasteiger partial charge on any atom is -0.493 e. The van der Waals surface area contributed by atoms with E-state index in [0.29, 0.717) is 17.2 Å². The van der Waals surface area contributed by atoms with Crippen molar-refractivity contribution in [3.63, 3.8) is 0 Å². The molecule has 0 fully saturated rings.